The van der Waals surface area contributed by atoms with Crippen LogP contribution < -0.4 is 10.1 Å². The fourth-order valence-electron chi connectivity index (χ4n) is 3.85. The molecule has 0 spiro atoms. The van der Waals surface area contributed by atoms with E-state index in [9.17, 15) is 14.4 Å². The Labute approximate surface area is 202 Å². The summed E-state index contributed by atoms with van der Waals surface area (Å²) in [4.78, 5) is 44.0. The molecule has 0 aliphatic carbocycles. The van der Waals surface area contributed by atoms with Crippen molar-refractivity contribution in [1.82, 2.24) is 9.88 Å². The highest BCUT2D eigenvalue weighted by Gasteiger charge is 2.36. The number of anilines is 1. The molecule has 0 saturated heterocycles. The number of nitrogens with zero attached hydrogens (tertiary/aromatic N) is 2. The van der Waals surface area contributed by atoms with Crippen molar-refractivity contribution in [3.8, 4) is 5.75 Å². The second kappa shape index (κ2) is 9.61. The lowest BCUT2D eigenvalue weighted by Gasteiger charge is -2.13. The Morgan fingerprint density at radius 2 is 1.63 bits per heavy atom. The zero-order chi connectivity index (χ0) is 24.2. The Kier molecular flexibility index (Phi) is 6.05. The summed E-state index contributed by atoms with van der Waals surface area (Å²) in [5.41, 5.74) is 3.00. The van der Waals surface area contributed by atoms with Gasteiger partial charge in [-0.25, -0.2) is 0 Å². The number of aromatic nitrogens is 1. The molecule has 1 aliphatic rings. The lowest BCUT2D eigenvalue weighted by molar-refractivity contribution is 0.0642. The van der Waals surface area contributed by atoms with Gasteiger partial charge in [0.1, 0.15) is 12.4 Å². The number of nitrogens with one attached hydrogen (secondary N) is 1. The van der Waals surface area contributed by atoms with E-state index < -0.39 is 11.8 Å². The van der Waals surface area contributed by atoms with Crippen molar-refractivity contribution in [1.29, 1.82) is 0 Å². The van der Waals surface area contributed by atoms with Crippen LogP contribution in [0.3, 0.4) is 0 Å². The third-order valence-corrected chi connectivity index (χ3v) is 5.62. The standard InChI is InChI=1S/C28H21N3O4/c32-26(30-21-10-6-11-23(16-21)35-18-22-9-4-5-14-29-22)20-12-13-24-25(15-20)28(34)31(27(24)33)17-19-7-2-1-3-8-19/h1-16H,17-18H2,(H,30,32). The molecule has 0 bridgehead atoms. The topological polar surface area (TPSA) is 88.6 Å². The molecule has 1 aliphatic heterocycles. The van der Waals surface area contributed by atoms with Gasteiger partial charge in [0, 0.05) is 23.5 Å². The van der Waals surface area contributed by atoms with Gasteiger partial charge in [0.15, 0.2) is 0 Å². The molecular formula is C28H21N3O4. The molecule has 0 radical (unpaired) electrons. The SMILES string of the molecule is O=C(Nc1cccc(OCc2ccccn2)c1)c1ccc2c(c1)C(=O)N(Cc1ccccc1)C2=O. The van der Waals surface area contributed by atoms with Gasteiger partial charge in [0.05, 0.1) is 23.4 Å². The number of carbonyl (C=O) groups is 3. The maximum absolute atomic E-state index is 12.9. The molecule has 1 aromatic heterocycles. The molecular weight excluding hydrogens is 442 g/mol. The van der Waals surface area contributed by atoms with Gasteiger partial charge in [-0.05, 0) is 48.0 Å². The predicted molar refractivity (Wildman–Crippen MR) is 130 cm³/mol. The minimum absolute atomic E-state index is 0.181. The second-order valence-electron chi connectivity index (χ2n) is 8.03. The smallest absolute Gasteiger partial charge is 0.261 e. The monoisotopic (exact) mass is 463 g/mol. The molecule has 7 heteroatoms. The number of benzene rings is 3. The molecule has 0 unspecified atom stereocenters. The third kappa shape index (κ3) is 4.79. The van der Waals surface area contributed by atoms with E-state index in [0.717, 1.165) is 11.3 Å². The number of fused-ring (bicyclic) bond motifs is 1. The highest BCUT2D eigenvalue weighted by molar-refractivity contribution is 6.22. The van der Waals surface area contributed by atoms with E-state index in [2.05, 4.69) is 10.3 Å². The van der Waals surface area contributed by atoms with Gasteiger partial charge in [0.2, 0.25) is 0 Å². The van der Waals surface area contributed by atoms with Gasteiger partial charge in [-0.1, -0.05) is 42.5 Å². The number of imide groups is 1. The van der Waals surface area contributed by atoms with Crippen molar-refractivity contribution < 1.29 is 19.1 Å². The summed E-state index contributed by atoms with van der Waals surface area (Å²) < 4.78 is 5.77. The molecule has 4 aromatic rings. The molecule has 172 valence electrons. The normalized spacial score (nSPS) is 12.4. The average Bonchev–Trinajstić information content (AvgIpc) is 3.13. The fraction of sp³-hybridized carbons (Fsp3) is 0.0714. The zero-order valence-electron chi connectivity index (χ0n) is 18.7. The number of rotatable bonds is 7. The molecule has 7 nitrogen and oxygen atoms in total. The summed E-state index contributed by atoms with van der Waals surface area (Å²) in [5.74, 6) is -0.580. The van der Waals surface area contributed by atoms with Crippen LogP contribution in [0.2, 0.25) is 0 Å². The quantitative estimate of drug-likeness (QED) is 0.401. The molecule has 1 N–H and O–H groups in total. The molecule has 5 rings (SSSR count). The lowest BCUT2D eigenvalue weighted by atomic mass is 10.1. The number of amides is 3. The molecule has 2 heterocycles. The minimum atomic E-state index is -0.409. The molecule has 35 heavy (non-hydrogen) atoms. The Bertz CT molecular complexity index is 1400. The first kappa shape index (κ1) is 22.0. The van der Waals surface area contributed by atoms with Crippen LogP contribution in [-0.2, 0) is 13.2 Å². The van der Waals surface area contributed by atoms with E-state index in [1.807, 2.05) is 48.5 Å². The summed E-state index contributed by atoms with van der Waals surface area (Å²) in [6.07, 6.45) is 1.70. The second-order valence-corrected chi connectivity index (χ2v) is 8.03. The van der Waals surface area contributed by atoms with E-state index in [1.54, 1.807) is 36.5 Å². The summed E-state index contributed by atoms with van der Waals surface area (Å²) in [6.45, 7) is 0.485. The Morgan fingerprint density at radius 3 is 2.43 bits per heavy atom. The number of pyridine rings is 1. The molecule has 0 fully saturated rings. The van der Waals surface area contributed by atoms with Crippen LogP contribution in [0, 0.1) is 0 Å². The van der Waals surface area contributed by atoms with Crippen LogP contribution in [0.4, 0.5) is 5.69 Å². The van der Waals surface area contributed by atoms with Crippen LogP contribution in [0.5, 0.6) is 5.75 Å². The van der Waals surface area contributed by atoms with Crippen molar-refractivity contribution in [3.05, 3.63) is 125 Å². The number of ether oxygens (including phenoxy) is 1. The summed E-state index contributed by atoms with van der Waals surface area (Å²) in [7, 11) is 0. The number of hydrogen-bond acceptors (Lipinski definition) is 5. The van der Waals surface area contributed by atoms with Crippen molar-refractivity contribution in [2.75, 3.05) is 5.32 Å². The lowest BCUT2D eigenvalue weighted by Crippen LogP contribution is -2.29. The average molecular weight is 463 g/mol. The van der Waals surface area contributed by atoms with Crippen molar-refractivity contribution in [3.63, 3.8) is 0 Å². The summed E-state index contributed by atoms with van der Waals surface area (Å²) in [6, 6.07) is 26.5. The first-order valence-corrected chi connectivity index (χ1v) is 11.1. The van der Waals surface area contributed by atoms with Crippen LogP contribution in [0.1, 0.15) is 42.3 Å². The van der Waals surface area contributed by atoms with E-state index >= 15 is 0 Å². The van der Waals surface area contributed by atoms with Crippen molar-refractivity contribution >= 4 is 23.4 Å². The zero-order valence-corrected chi connectivity index (χ0v) is 18.7. The van der Waals surface area contributed by atoms with Gasteiger partial charge in [-0.15, -0.1) is 0 Å². The Hall–Kier alpha value is -4.78. The Morgan fingerprint density at radius 1 is 0.829 bits per heavy atom. The number of hydrogen-bond donors (Lipinski definition) is 1. The maximum Gasteiger partial charge on any atom is 0.261 e. The van der Waals surface area contributed by atoms with Gasteiger partial charge in [-0.3, -0.25) is 24.3 Å². The van der Waals surface area contributed by atoms with Gasteiger partial charge >= 0.3 is 0 Å². The highest BCUT2D eigenvalue weighted by atomic mass is 16.5. The summed E-state index contributed by atoms with van der Waals surface area (Å²) >= 11 is 0. The predicted octanol–water partition coefficient (Wildman–Crippen LogP) is 4.71. The van der Waals surface area contributed by atoms with E-state index in [-0.39, 0.29) is 23.6 Å². The Balaban J connectivity index is 1.28. The molecule has 3 amide bonds. The van der Waals surface area contributed by atoms with E-state index in [1.165, 1.54) is 17.0 Å². The van der Waals surface area contributed by atoms with E-state index in [4.69, 9.17) is 4.74 Å². The van der Waals surface area contributed by atoms with Crippen molar-refractivity contribution in [2.24, 2.45) is 0 Å². The fourth-order valence-corrected chi connectivity index (χ4v) is 3.85. The highest BCUT2D eigenvalue weighted by Crippen LogP contribution is 2.26. The molecule has 0 atom stereocenters. The first-order chi connectivity index (χ1) is 17.1. The van der Waals surface area contributed by atoms with Crippen LogP contribution in [0.25, 0.3) is 0 Å². The van der Waals surface area contributed by atoms with Gasteiger partial charge < -0.3 is 10.1 Å². The van der Waals surface area contributed by atoms with Crippen LogP contribution in [-0.4, -0.2) is 27.6 Å². The third-order valence-electron chi connectivity index (χ3n) is 5.62. The largest absolute Gasteiger partial charge is 0.487 e. The van der Waals surface area contributed by atoms with E-state index in [0.29, 0.717) is 23.6 Å². The van der Waals surface area contributed by atoms with Gasteiger partial charge in [0.25, 0.3) is 17.7 Å². The first-order valence-electron chi connectivity index (χ1n) is 11.1. The molecule has 0 saturated carbocycles. The summed E-state index contributed by atoms with van der Waals surface area (Å²) in [5, 5.41) is 2.82. The van der Waals surface area contributed by atoms with Crippen LogP contribution >= 0.6 is 0 Å². The van der Waals surface area contributed by atoms with Crippen molar-refractivity contribution in [2.45, 2.75) is 13.2 Å². The van der Waals surface area contributed by atoms with Gasteiger partial charge in [-0.2, -0.15) is 0 Å². The molecule has 3 aromatic carbocycles. The maximum atomic E-state index is 12.9. The number of carbonyl (C=O) groups excluding carboxylic acids is 3. The minimum Gasteiger partial charge on any atom is -0.487 e. The van der Waals surface area contributed by atoms with Crippen LogP contribution in [0.15, 0.2) is 97.2 Å².